The van der Waals surface area contributed by atoms with Gasteiger partial charge in [0.05, 0.1) is 12.7 Å². The van der Waals surface area contributed by atoms with Crippen LogP contribution in [-0.2, 0) is 6.42 Å². The van der Waals surface area contributed by atoms with Gasteiger partial charge < -0.3 is 15.4 Å². The first-order valence-corrected chi connectivity index (χ1v) is 9.20. The number of methoxy groups -OCH3 is 1. The van der Waals surface area contributed by atoms with E-state index in [1.54, 1.807) is 7.11 Å². The highest BCUT2D eigenvalue weighted by Gasteiger charge is 2.08. The number of nitrogens with one attached hydrogen (secondary N) is 2. The van der Waals surface area contributed by atoms with E-state index < -0.39 is 0 Å². The summed E-state index contributed by atoms with van der Waals surface area (Å²) in [4.78, 5) is 20.7. The monoisotopic (exact) mass is 396 g/mol. The number of aromatic nitrogens is 2. The Labute approximate surface area is 168 Å². The van der Waals surface area contributed by atoms with Gasteiger partial charge in [-0.3, -0.25) is 4.79 Å². The van der Waals surface area contributed by atoms with E-state index in [4.69, 9.17) is 16.3 Å². The van der Waals surface area contributed by atoms with Gasteiger partial charge in [-0.05, 0) is 48.7 Å². The molecular weight excluding hydrogens is 376 g/mol. The zero-order valence-corrected chi connectivity index (χ0v) is 16.5. The van der Waals surface area contributed by atoms with Gasteiger partial charge in [-0.1, -0.05) is 29.8 Å². The molecule has 0 atom stereocenters. The number of rotatable bonds is 7. The second kappa shape index (κ2) is 9.19. The average Bonchev–Trinajstić information content (AvgIpc) is 2.72. The van der Waals surface area contributed by atoms with Crippen molar-refractivity contribution >= 4 is 29.1 Å². The molecule has 0 spiro atoms. The van der Waals surface area contributed by atoms with Gasteiger partial charge in [0.1, 0.15) is 5.75 Å². The summed E-state index contributed by atoms with van der Waals surface area (Å²) in [5.41, 5.74) is 3.22. The zero-order chi connectivity index (χ0) is 19.9. The predicted molar refractivity (Wildman–Crippen MR) is 111 cm³/mol. The molecule has 1 amide bonds. The lowest BCUT2D eigenvalue weighted by molar-refractivity contribution is 0.0953. The molecule has 2 aromatic carbocycles. The molecule has 0 aliphatic rings. The summed E-state index contributed by atoms with van der Waals surface area (Å²) in [6.07, 6.45) is 3.70. The van der Waals surface area contributed by atoms with Crippen LogP contribution in [0.25, 0.3) is 0 Å². The van der Waals surface area contributed by atoms with E-state index in [9.17, 15) is 4.79 Å². The summed E-state index contributed by atoms with van der Waals surface area (Å²) in [6.45, 7) is 2.42. The Bertz CT molecular complexity index is 961. The fourth-order valence-electron chi connectivity index (χ4n) is 2.62. The average molecular weight is 397 g/mol. The van der Waals surface area contributed by atoms with Gasteiger partial charge in [0.2, 0.25) is 5.95 Å². The Balaban J connectivity index is 1.55. The normalized spacial score (nSPS) is 10.4. The van der Waals surface area contributed by atoms with Crippen LogP contribution >= 0.6 is 11.6 Å². The van der Waals surface area contributed by atoms with Crippen LogP contribution in [0.4, 0.5) is 11.6 Å². The molecule has 6 nitrogen and oxygen atoms in total. The molecule has 0 aliphatic heterocycles. The van der Waals surface area contributed by atoms with Crippen LogP contribution in [0.5, 0.6) is 5.75 Å². The Morgan fingerprint density at radius 3 is 2.64 bits per heavy atom. The molecule has 0 radical (unpaired) electrons. The summed E-state index contributed by atoms with van der Waals surface area (Å²) in [5.74, 6) is 0.988. The van der Waals surface area contributed by atoms with Crippen LogP contribution in [0.3, 0.4) is 0 Å². The van der Waals surface area contributed by atoms with E-state index in [0.717, 1.165) is 22.6 Å². The first-order valence-electron chi connectivity index (χ1n) is 8.82. The quantitative estimate of drug-likeness (QED) is 0.627. The number of anilines is 2. The lowest BCUT2D eigenvalue weighted by atomic mass is 10.1. The van der Waals surface area contributed by atoms with Gasteiger partial charge in [-0.2, -0.15) is 0 Å². The van der Waals surface area contributed by atoms with Crippen LogP contribution in [0, 0.1) is 6.92 Å². The standard InChI is InChI=1S/C21H21ClN4O2/c1-14-18(22)7-4-8-19(14)26-21-24-12-16(13-25-21)20(27)23-10-9-15-5-3-6-17(11-15)28-2/h3-8,11-13H,9-10H2,1-2H3,(H,23,27)(H,24,25,26). The summed E-state index contributed by atoms with van der Waals surface area (Å²) in [6, 6.07) is 13.3. The van der Waals surface area contributed by atoms with E-state index in [2.05, 4.69) is 20.6 Å². The number of ether oxygens (including phenoxy) is 1. The Morgan fingerprint density at radius 1 is 1.14 bits per heavy atom. The predicted octanol–water partition coefficient (Wildman–Crippen LogP) is 4.16. The van der Waals surface area contributed by atoms with Crippen molar-refractivity contribution in [3.05, 3.63) is 76.6 Å². The highest BCUT2D eigenvalue weighted by molar-refractivity contribution is 6.31. The van der Waals surface area contributed by atoms with Crippen LogP contribution in [-0.4, -0.2) is 29.5 Å². The van der Waals surface area contributed by atoms with Crippen LogP contribution < -0.4 is 15.4 Å². The maximum Gasteiger partial charge on any atom is 0.254 e. The number of amides is 1. The van der Waals surface area contributed by atoms with Crippen molar-refractivity contribution in [3.8, 4) is 5.75 Å². The Kier molecular flexibility index (Phi) is 6.45. The van der Waals surface area contributed by atoms with Crippen LogP contribution in [0.2, 0.25) is 5.02 Å². The van der Waals surface area contributed by atoms with E-state index >= 15 is 0 Å². The second-order valence-electron chi connectivity index (χ2n) is 6.19. The van der Waals surface area contributed by atoms with Crippen molar-refractivity contribution in [2.24, 2.45) is 0 Å². The van der Waals surface area contributed by atoms with Gasteiger partial charge in [0.15, 0.2) is 0 Å². The third-order valence-electron chi connectivity index (χ3n) is 4.26. The summed E-state index contributed by atoms with van der Waals surface area (Å²) < 4.78 is 5.20. The number of benzene rings is 2. The summed E-state index contributed by atoms with van der Waals surface area (Å²) >= 11 is 6.12. The van der Waals surface area contributed by atoms with Gasteiger partial charge in [-0.25, -0.2) is 9.97 Å². The third kappa shape index (κ3) is 4.98. The SMILES string of the molecule is COc1cccc(CCNC(=O)c2cnc(Nc3cccc(Cl)c3C)nc2)c1. The number of hydrogen-bond acceptors (Lipinski definition) is 5. The van der Waals surface area contributed by atoms with Crippen LogP contribution in [0.1, 0.15) is 21.5 Å². The molecule has 0 saturated carbocycles. The maximum atomic E-state index is 12.3. The van der Waals surface area contributed by atoms with Crippen molar-refractivity contribution in [2.75, 3.05) is 19.0 Å². The van der Waals surface area contributed by atoms with Crippen LogP contribution in [0.15, 0.2) is 54.9 Å². The second-order valence-corrected chi connectivity index (χ2v) is 6.60. The smallest absolute Gasteiger partial charge is 0.254 e. The lowest BCUT2D eigenvalue weighted by Crippen LogP contribution is -2.26. The Morgan fingerprint density at radius 2 is 1.89 bits per heavy atom. The molecule has 3 rings (SSSR count). The van der Waals surface area contributed by atoms with Gasteiger partial charge in [-0.15, -0.1) is 0 Å². The Hall–Kier alpha value is -3.12. The molecule has 0 unspecified atom stereocenters. The molecule has 1 aromatic heterocycles. The third-order valence-corrected chi connectivity index (χ3v) is 4.67. The molecule has 28 heavy (non-hydrogen) atoms. The molecule has 2 N–H and O–H groups in total. The highest BCUT2D eigenvalue weighted by Crippen LogP contribution is 2.24. The molecular formula is C21H21ClN4O2. The molecule has 144 valence electrons. The topological polar surface area (TPSA) is 76.1 Å². The van der Waals surface area contributed by atoms with Gasteiger partial charge >= 0.3 is 0 Å². The van der Waals surface area contributed by atoms with Crippen molar-refractivity contribution in [3.63, 3.8) is 0 Å². The van der Waals surface area contributed by atoms with E-state index in [0.29, 0.717) is 29.5 Å². The fourth-order valence-corrected chi connectivity index (χ4v) is 2.80. The minimum atomic E-state index is -0.214. The maximum absolute atomic E-state index is 12.3. The molecule has 7 heteroatoms. The van der Waals surface area contributed by atoms with Gasteiger partial charge in [0, 0.05) is 29.6 Å². The number of halogens is 1. The zero-order valence-electron chi connectivity index (χ0n) is 15.7. The van der Waals surface area contributed by atoms with Crippen molar-refractivity contribution in [2.45, 2.75) is 13.3 Å². The van der Waals surface area contributed by atoms with E-state index in [1.807, 2.05) is 49.4 Å². The number of carbonyl (C=O) groups is 1. The summed E-state index contributed by atoms with van der Waals surface area (Å²) in [5, 5.41) is 6.64. The van der Waals surface area contributed by atoms with E-state index in [1.165, 1.54) is 12.4 Å². The van der Waals surface area contributed by atoms with Crippen molar-refractivity contribution in [1.29, 1.82) is 0 Å². The highest BCUT2D eigenvalue weighted by atomic mass is 35.5. The lowest BCUT2D eigenvalue weighted by Gasteiger charge is -2.10. The molecule has 3 aromatic rings. The number of nitrogens with zero attached hydrogens (tertiary/aromatic N) is 2. The van der Waals surface area contributed by atoms with Crippen molar-refractivity contribution < 1.29 is 9.53 Å². The fraction of sp³-hybridized carbons (Fsp3) is 0.190. The van der Waals surface area contributed by atoms with Crippen molar-refractivity contribution in [1.82, 2.24) is 15.3 Å². The minimum absolute atomic E-state index is 0.214. The number of carbonyl (C=O) groups excluding carboxylic acids is 1. The van der Waals surface area contributed by atoms with Gasteiger partial charge in [0.25, 0.3) is 5.91 Å². The van der Waals surface area contributed by atoms with E-state index in [-0.39, 0.29) is 5.91 Å². The minimum Gasteiger partial charge on any atom is -0.497 e. The molecule has 1 heterocycles. The largest absolute Gasteiger partial charge is 0.497 e. The number of hydrogen-bond donors (Lipinski definition) is 2. The molecule has 0 fully saturated rings. The molecule has 0 bridgehead atoms. The first-order chi connectivity index (χ1) is 13.6. The molecule has 0 saturated heterocycles. The molecule has 0 aliphatic carbocycles. The first kappa shape index (κ1) is 19.6. The summed E-state index contributed by atoms with van der Waals surface area (Å²) in [7, 11) is 1.63.